The molecule has 136 valence electrons. The molecule has 1 aliphatic heterocycles. The van der Waals surface area contributed by atoms with Gasteiger partial charge in [0.05, 0.1) is 11.7 Å². The Morgan fingerprint density at radius 1 is 1.24 bits per heavy atom. The summed E-state index contributed by atoms with van der Waals surface area (Å²) < 4.78 is 16.2. The highest BCUT2D eigenvalue weighted by Crippen LogP contribution is 2.32. The Morgan fingerprint density at radius 2 is 2.00 bits per heavy atom. The third-order valence-corrected chi connectivity index (χ3v) is 4.60. The summed E-state index contributed by atoms with van der Waals surface area (Å²) in [4.78, 5) is 23.8. The van der Waals surface area contributed by atoms with Crippen LogP contribution in [0.5, 0.6) is 5.75 Å². The number of hydrogen-bond donors (Lipinski definition) is 1. The summed E-state index contributed by atoms with van der Waals surface area (Å²) in [5.74, 6) is 0.481. The van der Waals surface area contributed by atoms with E-state index in [9.17, 15) is 9.59 Å². The molecule has 6 nitrogen and oxygen atoms in total. The van der Waals surface area contributed by atoms with Gasteiger partial charge in [-0.05, 0) is 62.8 Å². The lowest BCUT2D eigenvalue weighted by molar-refractivity contribution is -0.124. The van der Waals surface area contributed by atoms with Crippen molar-refractivity contribution in [3.63, 3.8) is 0 Å². The average Bonchev–Trinajstić information content (AvgIpc) is 3.35. The highest BCUT2D eigenvalue weighted by atomic mass is 16.5. The van der Waals surface area contributed by atoms with Gasteiger partial charge in [0.1, 0.15) is 12.4 Å². The smallest absolute Gasteiger partial charge is 0.338 e. The van der Waals surface area contributed by atoms with Crippen LogP contribution in [0.15, 0.2) is 24.3 Å². The van der Waals surface area contributed by atoms with Crippen molar-refractivity contribution in [3.8, 4) is 5.75 Å². The molecule has 0 unspecified atom stereocenters. The van der Waals surface area contributed by atoms with Crippen molar-refractivity contribution in [3.05, 3.63) is 29.8 Å². The van der Waals surface area contributed by atoms with Gasteiger partial charge in [-0.25, -0.2) is 4.79 Å². The fourth-order valence-corrected chi connectivity index (χ4v) is 2.88. The Kier molecular flexibility index (Phi) is 5.91. The van der Waals surface area contributed by atoms with Crippen LogP contribution in [0.25, 0.3) is 0 Å². The van der Waals surface area contributed by atoms with E-state index in [1.807, 2.05) is 6.92 Å². The molecule has 1 N–H and O–H groups in total. The number of nitrogens with one attached hydrogen (secondary N) is 1. The molecule has 1 saturated heterocycles. The van der Waals surface area contributed by atoms with Crippen LogP contribution >= 0.6 is 0 Å². The molecule has 1 aromatic rings. The molecule has 2 aliphatic rings. The SMILES string of the molecule is C[C@@H](NC(=O)COC(=O)c1ccc(OC[C@H]2CCCO2)cc1)C1CC1. The van der Waals surface area contributed by atoms with Gasteiger partial charge in [0, 0.05) is 12.6 Å². The molecule has 25 heavy (non-hydrogen) atoms. The summed E-state index contributed by atoms with van der Waals surface area (Å²) in [7, 11) is 0. The molecule has 3 rings (SSSR count). The quantitative estimate of drug-likeness (QED) is 0.731. The minimum absolute atomic E-state index is 0.145. The van der Waals surface area contributed by atoms with Crippen LogP contribution in [0.1, 0.15) is 43.0 Å². The maximum absolute atomic E-state index is 12.0. The first-order chi connectivity index (χ1) is 12.1. The van der Waals surface area contributed by atoms with E-state index in [1.54, 1.807) is 24.3 Å². The maximum Gasteiger partial charge on any atom is 0.338 e. The number of carbonyl (C=O) groups is 2. The molecule has 1 aliphatic carbocycles. The Bertz CT molecular complexity index is 590. The Hall–Kier alpha value is -2.08. The molecule has 0 aromatic heterocycles. The fraction of sp³-hybridized carbons (Fsp3) is 0.579. The van der Waals surface area contributed by atoms with E-state index in [1.165, 1.54) is 0 Å². The first kappa shape index (κ1) is 17.7. The molecule has 0 spiro atoms. The van der Waals surface area contributed by atoms with Crippen LogP contribution in [0.3, 0.4) is 0 Å². The van der Waals surface area contributed by atoms with E-state index in [-0.39, 0.29) is 24.7 Å². The normalized spacial score (nSPS) is 20.8. The van der Waals surface area contributed by atoms with Crippen LogP contribution in [-0.4, -0.2) is 43.8 Å². The van der Waals surface area contributed by atoms with Gasteiger partial charge in [-0.15, -0.1) is 0 Å². The van der Waals surface area contributed by atoms with E-state index in [2.05, 4.69) is 5.32 Å². The number of esters is 1. The molecule has 6 heteroatoms. The molecule has 0 radical (unpaired) electrons. The first-order valence-corrected chi connectivity index (χ1v) is 8.93. The zero-order valence-corrected chi connectivity index (χ0v) is 14.5. The Morgan fingerprint density at radius 3 is 2.64 bits per heavy atom. The number of amides is 1. The molecule has 1 saturated carbocycles. The third-order valence-electron chi connectivity index (χ3n) is 4.60. The summed E-state index contributed by atoms with van der Waals surface area (Å²) in [5.41, 5.74) is 0.396. The van der Waals surface area contributed by atoms with Gasteiger partial charge in [0.15, 0.2) is 6.61 Å². The van der Waals surface area contributed by atoms with Crippen molar-refractivity contribution in [2.75, 3.05) is 19.8 Å². The number of carbonyl (C=O) groups excluding carboxylic acids is 2. The molecule has 1 heterocycles. The van der Waals surface area contributed by atoms with Gasteiger partial charge < -0.3 is 19.5 Å². The second-order valence-corrected chi connectivity index (χ2v) is 6.74. The fourth-order valence-electron chi connectivity index (χ4n) is 2.88. The van der Waals surface area contributed by atoms with E-state index in [0.717, 1.165) is 32.3 Å². The van der Waals surface area contributed by atoms with Crippen molar-refractivity contribution in [1.82, 2.24) is 5.32 Å². The van der Waals surface area contributed by atoms with Crippen molar-refractivity contribution >= 4 is 11.9 Å². The number of benzene rings is 1. The van der Waals surface area contributed by atoms with Gasteiger partial charge in [0.2, 0.25) is 0 Å². The van der Waals surface area contributed by atoms with Gasteiger partial charge >= 0.3 is 5.97 Å². The molecule has 1 amide bonds. The molecule has 2 atom stereocenters. The molecule has 2 fully saturated rings. The summed E-state index contributed by atoms with van der Waals surface area (Å²) in [5, 5.41) is 2.85. The summed E-state index contributed by atoms with van der Waals surface area (Å²) in [6, 6.07) is 6.86. The van der Waals surface area contributed by atoms with Gasteiger partial charge in [0.25, 0.3) is 5.91 Å². The lowest BCUT2D eigenvalue weighted by Crippen LogP contribution is -2.37. The van der Waals surface area contributed by atoms with Crippen LogP contribution in [0.2, 0.25) is 0 Å². The Labute approximate surface area is 147 Å². The largest absolute Gasteiger partial charge is 0.491 e. The topological polar surface area (TPSA) is 73.9 Å². The van der Waals surface area contributed by atoms with Crippen molar-refractivity contribution < 1.29 is 23.8 Å². The van der Waals surface area contributed by atoms with Crippen LogP contribution < -0.4 is 10.1 Å². The zero-order chi connectivity index (χ0) is 17.6. The van der Waals surface area contributed by atoms with Crippen LogP contribution in [0.4, 0.5) is 0 Å². The highest BCUT2D eigenvalue weighted by molar-refractivity contribution is 5.91. The monoisotopic (exact) mass is 347 g/mol. The van der Waals surface area contributed by atoms with Gasteiger partial charge in [-0.1, -0.05) is 0 Å². The van der Waals surface area contributed by atoms with E-state index < -0.39 is 5.97 Å². The second kappa shape index (κ2) is 8.34. The second-order valence-electron chi connectivity index (χ2n) is 6.74. The maximum atomic E-state index is 12.0. The average molecular weight is 347 g/mol. The summed E-state index contributed by atoms with van der Waals surface area (Å²) >= 11 is 0. The first-order valence-electron chi connectivity index (χ1n) is 8.93. The standard InChI is InChI=1S/C19H25NO5/c1-13(14-4-5-14)20-18(21)12-25-19(22)15-6-8-16(9-7-15)24-11-17-3-2-10-23-17/h6-9,13-14,17H,2-5,10-12H2,1H3,(H,20,21)/t13-,17-/m1/s1. The van der Waals surface area contributed by atoms with Crippen LogP contribution in [0, 0.1) is 5.92 Å². The minimum atomic E-state index is -0.514. The van der Waals surface area contributed by atoms with Crippen LogP contribution in [-0.2, 0) is 14.3 Å². The highest BCUT2D eigenvalue weighted by Gasteiger charge is 2.29. The predicted octanol–water partition coefficient (Wildman–Crippen LogP) is 2.32. The van der Waals surface area contributed by atoms with Crippen molar-refractivity contribution in [2.45, 2.75) is 44.8 Å². The lowest BCUT2D eigenvalue weighted by atomic mass is 10.2. The molecule has 1 aromatic carbocycles. The molecular weight excluding hydrogens is 322 g/mol. The van der Waals surface area contributed by atoms with Crippen molar-refractivity contribution in [2.24, 2.45) is 5.92 Å². The molecular formula is C19H25NO5. The zero-order valence-electron chi connectivity index (χ0n) is 14.5. The van der Waals surface area contributed by atoms with Crippen molar-refractivity contribution in [1.29, 1.82) is 0 Å². The number of hydrogen-bond acceptors (Lipinski definition) is 5. The number of rotatable bonds is 8. The van der Waals surface area contributed by atoms with E-state index in [4.69, 9.17) is 14.2 Å². The molecule has 0 bridgehead atoms. The van der Waals surface area contributed by atoms with E-state index in [0.29, 0.717) is 23.8 Å². The van der Waals surface area contributed by atoms with Gasteiger partial charge in [-0.2, -0.15) is 0 Å². The van der Waals surface area contributed by atoms with E-state index >= 15 is 0 Å². The predicted molar refractivity (Wildman–Crippen MR) is 91.5 cm³/mol. The number of ether oxygens (including phenoxy) is 3. The minimum Gasteiger partial charge on any atom is -0.491 e. The summed E-state index contributed by atoms with van der Waals surface area (Å²) in [6.07, 6.45) is 4.56. The van der Waals surface area contributed by atoms with Gasteiger partial charge in [-0.3, -0.25) is 4.79 Å². The third kappa shape index (κ3) is 5.46. The summed E-state index contributed by atoms with van der Waals surface area (Å²) in [6.45, 7) is 3.04. The lowest BCUT2D eigenvalue weighted by Gasteiger charge is -2.13. The Balaban J connectivity index is 1.39.